The predicted molar refractivity (Wildman–Crippen MR) is 91.8 cm³/mol. The number of nitrogens with one attached hydrogen (secondary N) is 1. The number of aryl methyl sites for hydroxylation is 1. The fourth-order valence-electron chi connectivity index (χ4n) is 2.64. The molecule has 0 radical (unpaired) electrons. The van der Waals surface area contributed by atoms with Crippen molar-refractivity contribution in [2.24, 2.45) is 7.05 Å². The van der Waals surface area contributed by atoms with Gasteiger partial charge in [-0.05, 0) is 29.7 Å². The van der Waals surface area contributed by atoms with E-state index in [9.17, 15) is 14.0 Å². The number of aromatic nitrogens is 1. The molecule has 0 fully saturated rings. The zero-order valence-corrected chi connectivity index (χ0v) is 13.7. The first-order chi connectivity index (χ1) is 12.1. The normalized spacial score (nSPS) is 10.6. The minimum atomic E-state index is -0.558. The highest BCUT2D eigenvalue weighted by atomic mass is 19.1. The number of hydrogen-bond donors (Lipinski definition) is 1. The SMILES string of the molecule is Cn1oc(=O)c(-c2ccccc2)c1C(=O)NCCc1ccc(F)cc1. The molecule has 1 N–H and O–H groups in total. The van der Waals surface area contributed by atoms with E-state index in [4.69, 9.17) is 4.52 Å². The Morgan fingerprint density at radius 3 is 2.48 bits per heavy atom. The number of rotatable bonds is 5. The Balaban J connectivity index is 1.76. The molecule has 0 aliphatic rings. The summed E-state index contributed by atoms with van der Waals surface area (Å²) in [5, 5.41) is 2.77. The van der Waals surface area contributed by atoms with Crippen LogP contribution >= 0.6 is 0 Å². The molecule has 0 spiro atoms. The summed E-state index contributed by atoms with van der Waals surface area (Å²) in [6.45, 7) is 0.359. The van der Waals surface area contributed by atoms with Crippen LogP contribution in [0.25, 0.3) is 11.1 Å². The maximum atomic E-state index is 12.9. The van der Waals surface area contributed by atoms with Gasteiger partial charge in [0.25, 0.3) is 5.91 Å². The molecule has 2 aromatic carbocycles. The summed E-state index contributed by atoms with van der Waals surface area (Å²) < 4.78 is 19.1. The van der Waals surface area contributed by atoms with Gasteiger partial charge < -0.3 is 9.84 Å². The van der Waals surface area contributed by atoms with Crippen LogP contribution in [0.4, 0.5) is 4.39 Å². The van der Waals surface area contributed by atoms with Crippen molar-refractivity contribution in [3.8, 4) is 11.1 Å². The van der Waals surface area contributed by atoms with Gasteiger partial charge in [0, 0.05) is 13.6 Å². The van der Waals surface area contributed by atoms with Crippen LogP contribution in [0.3, 0.4) is 0 Å². The topological polar surface area (TPSA) is 64.2 Å². The summed E-state index contributed by atoms with van der Waals surface area (Å²) in [7, 11) is 1.52. The molecule has 5 nitrogen and oxygen atoms in total. The van der Waals surface area contributed by atoms with Gasteiger partial charge in [0.05, 0.1) is 0 Å². The van der Waals surface area contributed by atoms with E-state index in [0.717, 1.165) is 5.56 Å². The van der Waals surface area contributed by atoms with Gasteiger partial charge in [-0.1, -0.05) is 42.5 Å². The van der Waals surface area contributed by atoms with E-state index in [-0.39, 0.29) is 17.1 Å². The number of carbonyl (C=O) groups excluding carboxylic acids is 1. The smallest absolute Gasteiger partial charge is 0.350 e. The van der Waals surface area contributed by atoms with Crippen LogP contribution in [0.2, 0.25) is 0 Å². The highest BCUT2D eigenvalue weighted by molar-refractivity contribution is 5.98. The van der Waals surface area contributed by atoms with Gasteiger partial charge in [-0.25, -0.2) is 13.9 Å². The average Bonchev–Trinajstić information content (AvgIpc) is 2.91. The van der Waals surface area contributed by atoms with Crippen LogP contribution in [0.15, 0.2) is 63.9 Å². The van der Waals surface area contributed by atoms with E-state index in [1.807, 2.05) is 6.07 Å². The highest BCUT2D eigenvalue weighted by Gasteiger charge is 2.22. The summed E-state index contributed by atoms with van der Waals surface area (Å²) in [5.74, 6) is -0.692. The Bertz CT molecular complexity index is 928. The second-order valence-electron chi connectivity index (χ2n) is 5.60. The molecule has 0 unspecified atom stereocenters. The second kappa shape index (κ2) is 7.17. The average molecular weight is 340 g/mol. The molecule has 128 valence electrons. The first-order valence-corrected chi connectivity index (χ1v) is 7.84. The monoisotopic (exact) mass is 340 g/mol. The maximum absolute atomic E-state index is 12.9. The number of halogens is 1. The third-order valence-electron chi connectivity index (χ3n) is 3.87. The number of hydrogen-bond acceptors (Lipinski definition) is 3. The third-order valence-corrected chi connectivity index (χ3v) is 3.87. The van der Waals surface area contributed by atoms with Crippen molar-refractivity contribution in [2.45, 2.75) is 6.42 Å². The Labute approximate surface area is 143 Å². The van der Waals surface area contributed by atoms with Gasteiger partial charge in [-0.15, -0.1) is 0 Å². The molecular weight excluding hydrogens is 323 g/mol. The fourth-order valence-corrected chi connectivity index (χ4v) is 2.64. The maximum Gasteiger partial charge on any atom is 0.366 e. The van der Waals surface area contributed by atoms with E-state index in [1.165, 1.54) is 23.9 Å². The quantitative estimate of drug-likeness (QED) is 0.777. The van der Waals surface area contributed by atoms with Gasteiger partial charge in [-0.2, -0.15) is 0 Å². The number of benzene rings is 2. The number of carbonyl (C=O) groups is 1. The van der Waals surface area contributed by atoms with E-state index in [0.29, 0.717) is 18.5 Å². The van der Waals surface area contributed by atoms with Crippen LogP contribution in [0, 0.1) is 5.82 Å². The number of amides is 1. The summed E-state index contributed by atoms with van der Waals surface area (Å²) in [5.41, 5.74) is 1.39. The minimum absolute atomic E-state index is 0.176. The highest BCUT2D eigenvalue weighted by Crippen LogP contribution is 2.20. The molecule has 0 atom stereocenters. The van der Waals surface area contributed by atoms with E-state index in [2.05, 4.69) is 5.32 Å². The van der Waals surface area contributed by atoms with Crippen molar-refractivity contribution in [1.29, 1.82) is 0 Å². The first-order valence-electron chi connectivity index (χ1n) is 7.84. The van der Waals surface area contributed by atoms with Gasteiger partial charge in [-0.3, -0.25) is 4.79 Å². The molecule has 0 aliphatic carbocycles. The summed E-state index contributed by atoms with van der Waals surface area (Å²) in [6, 6.07) is 15.0. The van der Waals surface area contributed by atoms with Crippen molar-refractivity contribution in [3.05, 3.63) is 82.1 Å². The Hall–Kier alpha value is -3.15. The van der Waals surface area contributed by atoms with Crippen LogP contribution in [0.5, 0.6) is 0 Å². The van der Waals surface area contributed by atoms with Crippen molar-refractivity contribution < 1.29 is 13.7 Å². The lowest BCUT2D eigenvalue weighted by Gasteiger charge is -2.07. The van der Waals surface area contributed by atoms with E-state index in [1.54, 1.807) is 36.4 Å². The molecule has 0 aliphatic heterocycles. The molecule has 0 saturated carbocycles. The first kappa shape index (κ1) is 16.7. The van der Waals surface area contributed by atoms with Gasteiger partial charge >= 0.3 is 5.63 Å². The van der Waals surface area contributed by atoms with E-state index < -0.39 is 11.5 Å². The van der Waals surface area contributed by atoms with Gasteiger partial charge in [0.2, 0.25) is 0 Å². The fraction of sp³-hybridized carbons (Fsp3) is 0.158. The van der Waals surface area contributed by atoms with E-state index >= 15 is 0 Å². The Morgan fingerprint density at radius 2 is 1.80 bits per heavy atom. The predicted octanol–water partition coefficient (Wildman–Crippen LogP) is 2.76. The van der Waals surface area contributed by atoms with Crippen LogP contribution in [-0.4, -0.2) is 17.2 Å². The molecule has 1 heterocycles. The lowest BCUT2D eigenvalue weighted by atomic mass is 10.1. The lowest BCUT2D eigenvalue weighted by Crippen LogP contribution is -2.28. The van der Waals surface area contributed by atoms with Gasteiger partial charge in [0.15, 0.2) is 5.69 Å². The molecule has 0 saturated heterocycles. The summed E-state index contributed by atoms with van der Waals surface area (Å²) in [4.78, 5) is 24.6. The number of nitrogens with zero attached hydrogens (tertiary/aromatic N) is 1. The second-order valence-corrected chi connectivity index (χ2v) is 5.60. The lowest BCUT2D eigenvalue weighted by molar-refractivity contribution is 0.0934. The molecular formula is C19H17FN2O3. The van der Waals surface area contributed by atoms with Crippen LogP contribution in [0.1, 0.15) is 16.1 Å². The summed E-state index contributed by atoms with van der Waals surface area (Å²) in [6.07, 6.45) is 0.554. The van der Waals surface area contributed by atoms with Crippen molar-refractivity contribution in [3.63, 3.8) is 0 Å². The molecule has 1 aromatic heterocycles. The van der Waals surface area contributed by atoms with Crippen molar-refractivity contribution >= 4 is 5.91 Å². The molecule has 6 heteroatoms. The zero-order chi connectivity index (χ0) is 17.8. The van der Waals surface area contributed by atoms with Crippen molar-refractivity contribution in [2.75, 3.05) is 6.54 Å². The molecule has 0 bridgehead atoms. The Kier molecular flexibility index (Phi) is 4.79. The van der Waals surface area contributed by atoms with Crippen molar-refractivity contribution in [1.82, 2.24) is 10.1 Å². The molecule has 3 rings (SSSR count). The van der Waals surface area contributed by atoms with Crippen LogP contribution in [-0.2, 0) is 13.5 Å². The van der Waals surface area contributed by atoms with Gasteiger partial charge in [0.1, 0.15) is 11.4 Å². The standard InChI is InChI=1S/C19H17FN2O3/c1-22-17(16(19(24)25-22)14-5-3-2-4-6-14)18(23)21-12-11-13-7-9-15(20)10-8-13/h2-10H,11-12H2,1H3,(H,21,23). The largest absolute Gasteiger partial charge is 0.366 e. The molecule has 1 amide bonds. The van der Waals surface area contributed by atoms with Crippen LogP contribution < -0.4 is 10.9 Å². The zero-order valence-electron chi connectivity index (χ0n) is 13.7. The Morgan fingerprint density at radius 1 is 1.12 bits per heavy atom. The molecule has 3 aromatic rings. The minimum Gasteiger partial charge on any atom is -0.350 e. The molecule has 25 heavy (non-hydrogen) atoms. The third kappa shape index (κ3) is 3.68. The summed E-state index contributed by atoms with van der Waals surface area (Å²) >= 11 is 0.